The van der Waals surface area contributed by atoms with Crippen LogP contribution in [-0.4, -0.2) is 696 Å². The van der Waals surface area contributed by atoms with E-state index in [0.717, 1.165) is 13.8 Å². The van der Waals surface area contributed by atoms with Gasteiger partial charge in [-0.15, -0.1) is 0 Å². The Bertz CT molecular complexity index is 4070. The highest BCUT2D eigenvalue weighted by atomic mass is 16.8. The van der Waals surface area contributed by atoms with Gasteiger partial charge in [0.15, 0.2) is 81.8 Å². The van der Waals surface area contributed by atoms with Crippen LogP contribution in [0.2, 0.25) is 0 Å². The van der Waals surface area contributed by atoms with E-state index in [-0.39, 0.29) is 0 Å². The molecule has 0 radical (unpaired) electrons. The van der Waals surface area contributed by atoms with Crippen LogP contribution in [0, 0.1) is 0 Å². The molecule has 0 aliphatic carbocycles. The van der Waals surface area contributed by atoms with Gasteiger partial charge in [0.25, 0.3) is 0 Å². The molecule has 0 aromatic rings. The molecule has 0 aromatic heterocycles. The summed E-state index contributed by atoms with van der Waals surface area (Å²) in [5, 5.41) is 444. The molecule has 0 saturated carbocycles. The number of hydrogen-bond donors (Lipinski definition) is 41. The zero-order valence-corrected chi connectivity index (χ0v) is 79.2. The van der Waals surface area contributed by atoms with E-state index in [1.165, 1.54) is 0 Å². The zero-order chi connectivity index (χ0) is 110. The van der Waals surface area contributed by atoms with Crippen molar-refractivity contribution in [2.45, 2.75) is 413 Å². The molecule has 68 nitrogen and oxygen atoms in total. The predicted octanol–water partition coefficient (Wildman–Crippen LogP) is -29.0. The van der Waals surface area contributed by atoms with Crippen molar-refractivity contribution in [3.05, 3.63) is 0 Å². The molecule has 2 amide bonds. The maximum atomic E-state index is 13.3. The SMILES string of the molecule is CC(=O)N[C@@H]1[C@@H](O)[C@H](O[C@@H]2O[C@H](CO)[C@@H](O[C@@H]3O[C@H](CO[C@H]4O[C@H](CO[C@H]5O[C@H](CO)[C@@H](O)[C@H](O)[C@@H]5O[C@H]5O[C@H](CO)[C@@H](O)[C@H](O)[C@@H]5O)[C@@H](O)[C@H](O[C@H]5O[C@H](CO)[C@@H](O)[C@H](O)[C@@H]5O[C@H]5O[C@H](CO)[C@@H](O)[C@H](O)[C@@H]5O)[C@@H]4O)[C@@H](O)[C@H](O[C@H]4O[C@H](CO)[C@@H](O)[C@H](O)[C@@H]4O[C@H]4O[C@H](CO)[C@@H](O)[C@H](O)[C@@H]4O[C@H]4O[C@H](CO)[C@@H](O)[C@H](O[C@@H]5O[C@H](CO)[C@@H](O)[C@H](O[C@@H]6O[C@H](CO)[C@@H](O)[C@H](O)[C@H]6O)[C@H]5O)[C@@H]4O)[C@@H]3O)[C@H](O)[C@H]2NC(C)=O)[C@@H](CO)O[C@H]1O. The Morgan fingerprint density at radius 3 is 0.680 bits per heavy atom. The van der Waals surface area contributed by atoms with Crippen molar-refractivity contribution in [3.63, 3.8) is 0 Å². The van der Waals surface area contributed by atoms with E-state index in [1.807, 2.05) is 0 Å². The van der Waals surface area contributed by atoms with Crippen molar-refractivity contribution in [1.29, 1.82) is 0 Å². The summed E-state index contributed by atoms with van der Waals surface area (Å²) >= 11 is 0. The maximum absolute atomic E-state index is 13.3. The second-order valence-corrected chi connectivity index (χ2v) is 38.0. The second kappa shape index (κ2) is 53.8. The van der Waals surface area contributed by atoms with Gasteiger partial charge < -0.3 is 328 Å². The van der Waals surface area contributed by atoms with Crippen LogP contribution in [-0.2, 0) is 128 Å². The minimum atomic E-state index is -2.79. The van der Waals surface area contributed by atoms with Crippen LogP contribution in [0.4, 0.5) is 0 Å². The molecule has 872 valence electrons. The lowest BCUT2D eigenvalue weighted by Crippen LogP contribution is -2.70. The molecule has 0 aromatic carbocycles. The van der Waals surface area contributed by atoms with Crippen LogP contribution in [0.5, 0.6) is 0 Å². The van der Waals surface area contributed by atoms with Crippen molar-refractivity contribution >= 4 is 11.8 Å². The fraction of sp³-hybridized carbons (Fsp3) is 0.976. The molecule has 0 unspecified atom stereocenters. The normalized spacial score (nSPS) is 52.1. The van der Waals surface area contributed by atoms with E-state index < -0.39 is 497 Å². The van der Waals surface area contributed by atoms with Gasteiger partial charge in [0.1, 0.15) is 317 Å². The number of carbonyl (C=O) groups excluding carboxylic acids is 2. The van der Waals surface area contributed by atoms with Crippen LogP contribution in [0.1, 0.15) is 13.8 Å². The zero-order valence-electron chi connectivity index (χ0n) is 79.2. The van der Waals surface area contributed by atoms with Crippen molar-refractivity contribution in [1.82, 2.24) is 10.6 Å². The van der Waals surface area contributed by atoms with E-state index >= 15 is 0 Å². The second-order valence-electron chi connectivity index (χ2n) is 38.0. The molecule has 65 atom stereocenters. The monoisotopic (exact) mass is 2210 g/mol. The fourth-order valence-corrected chi connectivity index (χ4v) is 19.4. The average molecular weight is 2210 g/mol. The highest BCUT2D eigenvalue weighted by Gasteiger charge is 2.64. The third-order valence-corrected chi connectivity index (χ3v) is 28.0. The highest BCUT2D eigenvalue weighted by molar-refractivity contribution is 5.73. The maximum Gasteiger partial charge on any atom is 0.217 e. The van der Waals surface area contributed by atoms with Crippen molar-refractivity contribution in [2.24, 2.45) is 0 Å². The summed E-state index contributed by atoms with van der Waals surface area (Å²) in [4.78, 5) is 25.6. The Morgan fingerprint density at radius 1 is 0.173 bits per heavy atom. The smallest absolute Gasteiger partial charge is 0.217 e. The number of rotatable bonds is 39. The van der Waals surface area contributed by atoms with Gasteiger partial charge in [-0.25, -0.2) is 0 Å². The number of nitrogens with one attached hydrogen (secondary N) is 2. The van der Waals surface area contributed by atoms with Gasteiger partial charge in [0, 0.05) is 13.8 Å². The van der Waals surface area contributed by atoms with E-state index in [0.29, 0.717) is 0 Å². The first kappa shape index (κ1) is 123. The minimum absolute atomic E-state index is 0.853. The van der Waals surface area contributed by atoms with E-state index in [2.05, 4.69) is 10.6 Å². The Hall–Kier alpha value is -3.62. The predicted molar refractivity (Wildman–Crippen MR) is 451 cm³/mol. The van der Waals surface area contributed by atoms with E-state index in [1.54, 1.807) is 0 Å². The van der Waals surface area contributed by atoms with Crippen molar-refractivity contribution < 1.29 is 327 Å². The summed E-state index contributed by atoms with van der Waals surface area (Å²) < 4.78 is 147. The Labute approximate surface area is 845 Å². The number of hydrogen-bond acceptors (Lipinski definition) is 66. The molecule has 41 N–H and O–H groups in total. The van der Waals surface area contributed by atoms with E-state index in [9.17, 15) is 209 Å². The fourth-order valence-electron chi connectivity index (χ4n) is 19.4. The van der Waals surface area contributed by atoms with Gasteiger partial charge in [-0.3, -0.25) is 9.59 Å². The molecule has 0 bridgehead atoms. The molecule has 68 heteroatoms. The van der Waals surface area contributed by atoms with Crippen LogP contribution in [0.25, 0.3) is 0 Å². The average Bonchev–Trinajstić information content (AvgIpc) is 0.765. The summed E-state index contributed by atoms with van der Waals surface area (Å²) in [6, 6.07) is -3.81. The van der Waals surface area contributed by atoms with Crippen molar-refractivity contribution in [3.8, 4) is 0 Å². The number of aliphatic hydroxyl groups excluding tert-OH is 39. The molecule has 13 fully saturated rings. The molecule has 13 heterocycles. The van der Waals surface area contributed by atoms with Gasteiger partial charge in [0.05, 0.1) is 85.9 Å². The summed E-state index contributed by atoms with van der Waals surface area (Å²) in [6.07, 6.45) is -143. The summed E-state index contributed by atoms with van der Waals surface area (Å²) in [5.74, 6) is -1.89. The number of ether oxygens (including phenoxy) is 25. The molecule has 0 spiro atoms. The molecule has 13 saturated heterocycles. The summed E-state index contributed by atoms with van der Waals surface area (Å²) in [6.45, 7) is -13.9. The largest absolute Gasteiger partial charge is 0.394 e. The van der Waals surface area contributed by atoms with Crippen LogP contribution in [0.3, 0.4) is 0 Å². The molecular weight excluding hydrogens is 2070 g/mol. The molecular formula is C82H138N2O66. The van der Waals surface area contributed by atoms with Gasteiger partial charge in [0.2, 0.25) is 11.8 Å². The quantitative estimate of drug-likeness (QED) is 0.0272. The standard InChI is InChI=1S/C82H138N2O66/c1-16(96)83-31-44(109)60(27(12-94)128-70(31)125)141-71-32(84-17(2)97)45(110)61(28(13-95)138-71)142-78-59(124)65(146-81-69(52(117)39(104)23(8-90)136-81)150-82-68(51(116)38(103)24(9-91)137-82)149-77-58(123)63(41(106)26(11-93)133-77)144-76-57(122)62(40(105)25(10-92)132-76)143-73-53(118)46(111)33(98)18(3-85)129-73)43(108)30(140-78)14-126-72-56(121)64(145-80-67(50(115)37(102)22(7-89)135-80)148-75-55(120)48(113)35(100)20(5-87)131-75)42(107)29(139-72)15-127-79-66(49(114)36(101)21(6-88)134-79)147-74-54(119)47(112)34(99)19(4-86)130-74/h18-82,85-95,98-125H,3-15H2,1-2H3,(H,83,96)(H,84,97)/t18-,19-,20-,21-,22-,23-,24-,25-,26-,27-,28-,29-,30-,31-,32-,33-,34-,35-,36-,37-,38-,39-,40-,41-,42-,43-,44-,45-,46+,47+,48+,49+,50+,51+,52+,53-,54+,55+,56+,57-,58+,59+,60-,61-,62+,63+,64+,65+,66+,67+,68+,69+,70-,71+,72+,73+,74-,75-,76+,77-,78+,79+,80-,81-,82-/m1/s1. The lowest BCUT2D eigenvalue weighted by molar-refractivity contribution is -0.412. The molecule has 13 aliphatic rings. The Kier molecular flexibility index (Phi) is 44.2. The van der Waals surface area contributed by atoms with Crippen LogP contribution >= 0.6 is 0 Å². The summed E-state index contributed by atoms with van der Waals surface area (Å²) in [5.41, 5.74) is 0. The van der Waals surface area contributed by atoms with Crippen molar-refractivity contribution in [2.75, 3.05) is 85.9 Å². The highest BCUT2D eigenvalue weighted by Crippen LogP contribution is 2.44. The van der Waals surface area contributed by atoms with Crippen LogP contribution in [0.15, 0.2) is 0 Å². The van der Waals surface area contributed by atoms with Crippen LogP contribution < -0.4 is 10.6 Å². The summed E-state index contributed by atoms with van der Waals surface area (Å²) in [7, 11) is 0. The molecule has 13 rings (SSSR count). The Morgan fingerprint density at radius 2 is 0.367 bits per heavy atom. The minimum Gasteiger partial charge on any atom is -0.394 e. The van der Waals surface area contributed by atoms with Gasteiger partial charge in [-0.1, -0.05) is 0 Å². The molecule has 150 heavy (non-hydrogen) atoms. The third kappa shape index (κ3) is 26.2. The lowest BCUT2D eigenvalue weighted by Gasteiger charge is -2.51. The van der Waals surface area contributed by atoms with Gasteiger partial charge in [-0.2, -0.15) is 0 Å². The molecule has 13 aliphatic heterocycles. The Balaban J connectivity index is 0.846. The first-order chi connectivity index (χ1) is 71.1. The third-order valence-electron chi connectivity index (χ3n) is 28.0. The lowest BCUT2D eigenvalue weighted by atomic mass is 9.94. The first-order valence-corrected chi connectivity index (χ1v) is 47.7. The first-order valence-electron chi connectivity index (χ1n) is 47.7. The number of aliphatic hydroxyl groups is 39. The number of amides is 2. The van der Waals surface area contributed by atoms with E-state index in [4.69, 9.17) is 118 Å². The van der Waals surface area contributed by atoms with Gasteiger partial charge in [-0.05, 0) is 0 Å². The van der Waals surface area contributed by atoms with Gasteiger partial charge >= 0.3 is 0 Å². The number of carbonyl (C=O) groups is 2. The topological polar surface area (TPSA) is 1080 Å².